The Morgan fingerprint density at radius 2 is 1.89 bits per heavy atom. The highest BCUT2D eigenvalue weighted by Gasteiger charge is 2.17. The molecule has 1 rings (SSSR count). The largest absolute Gasteiger partial charge is 0.274 e. The molecular formula is C13H18FNO3S. The van der Waals surface area contributed by atoms with Crippen molar-refractivity contribution in [2.75, 3.05) is 5.75 Å². The number of hydrogen-bond donors (Lipinski definition) is 1. The lowest BCUT2D eigenvalue weighted by molar-refractivity contribution is -0.118. The second-order valence-electron chi connectivity index (χ2n) is 4.62. The molecule has 0 aliphatic heterocycles. The monoisotopic (exact) mass is 287 g/mol. The van der Waals surface area contributed by atoms with Crippen LogP contribution in [0, 0.1) is 11.7 Å². The van der Waals surface area contributed by atoms with Crippen molar-refractivity contribution in [3.05, 3.63) is 35.6 Å². The van der Waals surface area contributed by atoms with Crippen LogP contribution < -0.4 is 4.72 Å². The molecule has 0 aliphatic carbocycles. The second kappa shape index (κ2) is 6.65. The third kappa shape index (κ3) is 5.83. The Labute approximate surface area is 113 Å². The summed E-state index contributed by atoms with van der Waals surface area (Å²) in [5, 5.41) is 0. The fourth-order valence-corrected chi connectivity index (χ4v) is 3.02. The Bertz CT molecular complexity index is 525. The number of halogens is 1. The van der Waals surface area contributed by atoms with Crippen LogP contribution in [0.4, 0.5) is 4.39 Å². The maximum Gasteiger partial charge on any atom is 0.237 e. The Kier molecular flexibility index (Phi) is 5.47. The molecule has 1 aromatic carbocycles. The lowest BCUT2D eigenvalue weighted by Gasteiger charge is -2.10. The molecule has 1 N–H and O–H groups in total. The van der Waals surface area contributed by atoms with Gasteiger partial charge >= 0.3 is 0 Å². The van der Waals surface area contributed by atoms with Crippen molar-refractivity contribution in [3.8, 4) is 0 Å². The molecule has 0 fully saturated rings. The third-order valence-corrected chi connectivity index (χ3v) is 4.29. The number of benzene rings is 1. The third-order valence-electron chi connectivity index (χ3n) is 2.75. The predicted molar refractivity (Wildman–Crippen MR) is 71.5 cm³/mol. The average Bonchev–Trinajstić information content (AvgIpc) is 2.30. The summed E-state index contributed by atoms with van der Waals surface area (Å²) in [6.45, 7) is 3.70. The first-order valence-electron chi connectivity index (χ1n) is 6.10. The van der Waals surface area contributed by atoms with E-state index in [9.17, 15) is 17.6 Å². The van der Waals surface area contributed by atoms with Crippen LogP contribution in [0.3, 0.4) is 0 Å². The standard InChI is InChI=1S/C13H18FNO3S/c1-3-10(2)9-19(17,18)15-13(16)8-11-4-6-12(14)7-5-11/h4-7,10H,3,8-9H2,1-2H3,(H,15,16)/t10-/m1/s1. The van der Waals surface area contributed by atoms with E-state index in [-0.39, 0.29) is 18.1 Å². The summed E-state index contributed by atoms with van der Waals surface area (Å²) in [5.74, 6) is -1.07. The zero-order valence-corrected chi connectivity index (χ0v) is 11.8. The van der Waals surface area contributed by atoms with Crippen LogP contribution in [0.1, 0.15) is 25.8 Å². The number of sulfonamides is 1. The van der Waals surface area contributed by atoms with Gasteiger partial charge in [0.2, 0.25) is 15.9 Å². The van der Waals surface area contributed by atoms with Gasteiger partial charge in [-0.15, -0.1) is 0 Å². The normalized spacial score (nSPS) is 13.0. The van der Waals surface area contributed by atoms with Gasteiger partial charge in [0.15, 0.2) is 0 Å². The molecule has 0 unspecified atom stereocenters. The van der Waals surface area contributed by atoms with Crippen LogP contribution in [0.5, 0.6) is 0 Å². The van der Waals surface area contributed by atoms with E-state index in [1.54, 1.807) is 0 Å². The molecule has 1 amide bonds. The van der Waals surface area contributed by atoms with Crippen molar-refractivity contribution in [2.45, 2.75) is 26.7 Å². The number of rotatable bonds is 6. The Morgan fingerprint density at radius 3 is 2.42 bits per heavy atom. The highest BCUT2D eigenvalue weighted by Crippen LogP contribution is 2.06. The molecule has 4 nitrogen and oxygen atoms in total. The number of carbonyl (C=O) groups is 1. The molecule has 0 bridgehead atoms. The van der Waals surface area contributed by atoms with E-state index in [1.165, 1.54) is 24.3 Å². The van der Waals surface area contributed by atoms with E-state index in [0.29, 0.717) is 5.56 Å². The van der Waals surface area contributed by atoms with Gasteiger partial charge in [0.25, 0.3) is 0 Å². The highest BCUT2D eigenvalue weighted by atomic mass is 32.2. The fourth-order valence-electron chi connectivity index (χ4n) is 1.53. The van der Waals surface area contributed by atoms with Crippen LogP contribution in [0.2, 0.25) is 0 Å². The topological polar surface area (TPSA) is 63.2 Å². The Morgan fingerprint density at radius 1 is 1.32 bits per heavy atom. The van der Waals surface area contributed by atoms with Crippen molar-refractivity contribution < 1.29 is 17.6 Å². The van der Waals surface area contributed by atoms with E-state index in [0.717, 1.165) is 6.42 Å². The number of amides is 1. The van der Waals surface area contributed by atoms with E-state index in [1.807, 2.05) is 18.6 Å². The van der Waals surface area contributed by atoms with Crippen LogP contribution >= 0.6 is 0 Å². The zero-order chi connectivity index (χ0) is 14.5. The summed E-state index contributed by atoms with van der Waals surface area (Å²) in [7, 11) is -3.59. The van der Waals surface area contributed by atoms with Crippen molar-refractivity contribution in [3.63, 3.8) is 0 Å². The van der Waals surface area contributed by atoms with Crippen molar-refractivity contribution in [1.29, 1.82) is 0 Å². The van der Waals surface area contributed by atoms with Gasteiger partial charge in [-0.1, -0.05) is 32.4 Å². The summed E-state index contributed by atoms with van der Waals surface area (Å²) in [5.41, 5.74) is 0.567. The molecule has 0 aromatic heterocycles. The Hall–Kier alpha value is -1.43. The van der Waals surface area contributed by atoms with Crippen LogP contribution in [0.25, 0.3) is 0 Å². The van der Waals surface area contributed by atoms with E-state index >= 15 is 0 Å². The van der Waals surface area contributed by atoms with Gasteiger partial charge in [-0.3, -0.25) is 9.52 Å². The molecule has 1 aromatic rings. The first-order chi connectivity index (χ1) is 8.82. The smallest absolute Gasteiger partial charge is 0.237 e. The molecule has 19 heavy (non-hydrogen) atoms. The fraction of sp³-hybridized carbons (Fsp3) is 0.462. The van der Waals surface area contributed by atoms with E-state index in [2.05, 4.69) is 0 Å². The molecule has 0 aliphatic rings. The number of carbonyl (C=O) groups excluding carboxylic acids is 1. The molecule has 1 atom stereocenters. The average molecular weight is 287 g/mol. The van der Waals surface area contributed by atoms with Crippen molar-refractivity contribution in [2.24, 2.45) is 5.92 Å². The van der Waals surface area contributed by atoms with Crippen LogP contribution in [0.15, 0.2) is 24.3 Å². The van der Waals surface area contributed by atoms with Gasteiger partial charge in [-0.2, -0.15) is 0 Å². The minimum atomic E-state index is -3.59. The molecule has 6 heteroatoms. The molecular weight excluding hydrogens is 269 g/mol. The lowest BCUT2D eigenvalue weighted by Crippen LogP contribution is -2.35. The quantitative estimate of drug-likeness (QED) is 0.868. The van der Waals surface area contributed by atoms with Crippen molar-refractivity contribution >= 4 is 15.9 Å². The summed E-state index contributed by atoms with van der Waals surface area (Å²) in [6.07, 6.45) is 0.646. The van der Waals surface area contributed by atoms with E-state index < -0.39 is 21.7 Å². The SMILES string of the molecule is CC[C@@H](C)CS(=O)(=O)NC(=O)Cc1ccc(F)cc1. The first-order valence-corrected chi connectivity index (χ1v) is 7.75. The number of nitrogens with one attached hydrogen (secondary N) is 1. The highest BCUT2D eigenvalue weighted by molar-refractivity contribution is 7.90. The minimum absolute atomic E-state index is 0.00359. The van der Waals surface area contributed by atoms with Gasteiger partial charge in [0.05, 0.1) is 12.2 Å². The second-order valence-corrected chi connectivity index (χ2v) is 6.39. The molecule has 0 saturated carbocycles. The van der Waals surface area contributed by atoms with Gasteiger partial charge in [0, 0.05) is 0 Å². The molecule has 0 saturated heterocycles. The van der Waals surface area contributed by atoms with Crippen LogP contribution in [-0.2, 0) is 21.2 Å². The molecule has 106 valence electrons. The van der Waals surface area contributed by atoms with Gasteiger partial charge in [0.1, 0.15) is 5.82 Å². The lowest BCUT2D eigenvalue weighted by atomic mass is 10.1. The summed E-state index contributed by atoms with van der Waals surface area (Å²) < 4.78 is 38.0. The van der Waals surface area contributed by atoms with Gasteiger partial charge in [-0.25, -0.2) is 12.8 Å². The zero-order valence-electron chi connectivity index (χ0n) is 11.0. The minimum Gasteiger partial charge on any atom is -0.274 e. The number of hydrogen-bond acceptors (Lipinski definition) is 3. The summed E-state index contributed by atoms with van der Waals surface area (Å²) in [6, 6.07) is 5.37. The van der Waals surface area contributed by atoms with E-state index in [4.69, 9.17) is 0 Å². The van der Waals surface area contributed by atoms with Gasteiger partial charge in [-0.05, 0) is 23.6 Å². The molecule has 0 heterocycles. The molecule has 0 spiro atoms. The van der Waals surface area contributed by atoms with Crippen LogP contribution in [-0.4, -0.2) is 20.1 Å². The summed E-state index contributed by atoms with van der Waals surface area (Å²) in [4.78, 5) is 11.6. The maximum atomic E-state index is 12.7. The molecule has 0 radical (unpaired) electrons. The first kappa shape index (κ1) is 15.6. The van der Waals surface area contributed by atoms with Crippen molar-refractivity contribution in [1.82, 2.24) is 4.72 Å². The van der Waals surface area contributed by atoms with Gasteiger partial charge < -0.3 is 0 Å². The maximum absolute atomic E-state index is 12.7. The summed E-state index contributed by atoms with van der Waals surface area (Å²) >= 11 is 0. The predicted octanol–water partition coefficient (Wildman–Crippen LogP) is 1.86. The Balaban J connectivity index is 2.57.